The van der Waals surface area contributed by atoms with Crippen LogP contribution in [0.4, 0.5) is 0 Å². The summed E-state index contributed by atoms with van der Waals surface area (Å²) in [4.78, 5) is 0. The molecule has 0 N–H and O–H groups in total. The number of benzene rings is 1. The van der Waals surface area contributed by atoms with Crippen molar-refractivity contribution in [3.63, 3.8) is 0 Å². The summed E-state index contributed by atoms with van der Waals surface area (Å²) in [6.07, 6.45) is 2.62. The third-order valence-corrected chi connectivity index (χ3v) is 3.78. The third kappa shape index (κ3) is 1.87. The average Bonchev–Trinajstić information content (AvgIpc) is 2.71. The van der Waals surface area contributed by atoms with Gasteiger partial charge < -0.3 is 0 Å². The zero-order valence-corrected chi connectivity index (χ0v) is 8.18. The maximum Gasteiger partial charge on any atom is 0.0991 e. The zero-order chi connectivity index (χ0) is 9.10. The highest BCUT2D eigenvalue weighted by Gasteiger charge is 2.16. The maximum atomic E-state index is 8.64. The first-order chi connectivity index (χ1) is 6.40. The van der Waals surface area contributed by atoms with Gasteiger partial charge in [0.1, 0.15) is 0 Å². The van der Waals surface area contributed by atoms with Crippen LogP contribution in [0.25, 0.3) is 0 Å². The number of hydrogen-bond acceptors (Lipinski definition) is 2. The summed E-state index contributed by atoms with van der Waals surface area (Å²) < 4.78 is 0. The molecule has 0 radical (unpaired) electrons. The van der Waals surface area contributed by atoms with Crippen LogP contribution in [0.3, 0.4) is 0 Å². The van der Waals surface area contributed by atoms with Crippen molar-refractivity contribution in [2.24, 2.45) is 0 Å². The molecular weight excluding hydrogens is 178 g/mol. The Labute approximate surface area is 82.8 Å². The summed E-state index contributed by atoms with van der Waals surface area (Å²) in [6.45, 7) is 0. The van der Waals surface area contributed by atoms with Crippen molar-refractivity contribution in [3.8, 4) is 6.07 Å². The van der Waals surface area contributed by atoms with Gasteiger partial charge in [0.15, 0.2) is 0 Å². The number of nitriles is 1. The molecule has 1 aromatic carbocycles. The van der Waals surface area contributed by atoms with Gasteiger partial charge in [0.2, 0.25) is 0 Å². The minimum atomic E-state index is 0.674. The van der Waals surface area contributed by atoms with Crippen LogP contribution in [-0.2, 0) is 0 Å². The topological polar surface area (TPSA) is 23.8 Å². The van der Waals surface area contributed by atoms with Crippen molar-refractivity contribution in [3.05, 3.63) is 35.4 Å². The lowest BCUT2D eigenvalue weighted by molar-refractivity contribution is 0.829. The molecule has 2 rings (SSSR count). The van der Waals surface area contributed by atoms with Crippen LogP contribution in [0.2, 0.25) is 0 Å². The minimum Gasteiger partial charge on any atom is -0.192 e. The summed E-state index contributed by atoms with van der Waals surface area (Å²) in [7, 11) is 0. The molecule has 1 saturated heterocycles. The van der Waals surface area contributed by atoms with Crippen molar-refractivity contribution in [1.82, 2.24) is 0 Å². The predicted octanol–water partition coefficient (Wildman–Crippen LogP) is 3.13. The van der Waals surface area contributed by atoms with E-state index in [4.69, 9.17) is 5.26 Å². The fourth-order valence-electron chi connectivity index (χ4n) is 1.61. The molecule has 0 bridgehead atoms. The molecule has 66 valence electrons. The largest absolute Gasteiger partial charge is 0.192 e. The van der Waals surface area contributed by atoms with Gasteiger partial charge in [-0.15, -0.1) is 0 Å². The molecule has 1 aromatic rings. The SMILES string of the molecule is N#Cc1ccc([C@H]2CCCS2)cc1. The van der Waals surface area contributed by atoms with Crippen LogP contribution in [0.5, 0.6) is 0 Å². The number of rotatable bonds is 1. The summed E-state index contributed by atoms with van der Waals surface area (Å²) in [5, 5.41) is 9.31. The molecule has 0 unspecified atom stereocenters. The van der Waals surface area contributed by atoms with Crippen LogP contribution in [0.15, 0.2) is 24.3 Å². The average molecular weight is 189 g/mol. The smallest absolute Gasteiger partial charge is 0.0991 e. The molecular formula is C11H11NS. The van der Waals surface area contributed by atoms with Crippen LogP contribution in [-0.4, -0.2) is 5.75 Å². The Hall–Kier alpha value is -0.940. The fourth-order valence-corrected chi connectivity index (χ4v) is 2.91. The van der Waals surface area contributed by atoms with Crippen LogP contribution in [0.1, 0.15) is 29.2 Å². The highest BCUT2D eigenvalue weighted by atomic mass is 32.2. The molecule has 0 amide bonds. The van der Waals surface area contributed by atoms with Crippen molar-refractivity contribution in [2.75, 3.05) is 5.75 Å². The summed E-state index contributed by atoms with van der Waals surface area (Å²) in [5.74, 6) is 1.28. The second kappa shape index (κ2) is 3.85. The Balaban J connectivity index is 2.18. The molecule has 0 aliphatic carbocycles. The van der Waals surface area contributed by atoms with E-state index in [0.717, 1.165) is 5.56 Å². The van der Waals surface area contributed by atoms with Gasteiger partial charge in [-0.25, -0.2) is 0 Å². The van der Waals surface area contributed by atoms with Gasteiger partial charge in [0, 0.05) is 5.25 Å². The second-order valence-corrected chi connectivity index (χ2v) is 4.55. The van der Waals surface area contributed by atoms with Gasteiger partial charge in [-0.1, -0.05) is 12.1 Å². The van der Waals surface area contributed by atoms with E-state index in [1.165, 1.54) is 24.2 Å². The highest BCUT2D eigenvalue weighted by Crippen LogP contribution is 2.39. The molecule has 1 fully saturated rings. The Morgan fingerprint density at radius 1 is 1.31 bits per heavy atom. The van der Waals surface area contributed by atoms with Crippen LogP contribution in [0, 0.1) is 11.3 Å². The lowest BCUT2D eigenvalue weighted by atomic mass is 10.1. The molecule has 1 heterocycles. The van der Waals surface area contributed by atoms with Crippen molar-refractivity contribution in [2.45, 2.75) is 18.1 Å². The van der Waals surface area contributed by atoms with E-state index in [1.54, 1.807) is 0 Å². The number of thioether (sulfide) groups is 1. The molecule has 1 nitrogen and oxygen atoms in total. The van der Waals surface area contributed by atoms with Gasteiger partial charge in [-0.05, 0) is 36.3 Å². The van der Waals surface area contributed by atoms with Crippen molar-refractivity contribution in [1.29, 1.82) is 5.26 Å². The van der Waals surface area contributed by atoms with E-state index in [1.807, 2.05) is 23.9 Å². The molecule has 1 aliphatic rings. The van der Waals surface area contributed by atoms with Gasteiger partial charge in [0.25, 0.3) is 0 Å². The Bertz CT molecular complexity index is 317. The normalized spacial score (nSPS) is 21.3. The van der Waals surface area contributed by atoms with Gasteiger partial charge >= 0.3 is 0 Å². The lowest BCUT2D eigenvalue weighted by Crippen LogP contribution is -1.87. The Morgan fingerprint density at radius 3 is 2.62 bits per heavy atom. The molecule has 13 heavy (non-hydrogen) atoms. The summed E-state index contributed by atoms with van der Waals surface area (Å²) in [5.41, 5.74) is 2.13. The van der Waals surface area contributed by atoms with Crippen molar-refractivity contribution < 1.29 is 0 Å². The van der Waals surface area contributed by atoms with Gasteiger partial charge in [0.05, 0.1) is 11.6 Å². The molecule has 0 saturated carbocycles. The van der Waals surface area contributed by atoms with Gasteiger partial charge in [-0.2, -0.15) is 17.0 Å². The number of hydrogen-bond donors (Lipinski definition) is 0. The van der Waals surface area contributed by atoms with Crippen LogP contribution < -0.4 is 0 Å². The van der Waals surface area contributed by atoms with E-state index in [0.29, 0.717) is 5.25 Å². The fraction of sp³-hybridized carbons (Fsp3) is 0.364. The first-order valence-corrected chi connectivity index (χ1v) is 5.57. The molecule has 1 atom stereocenters. The molecule has 2 heteroatoms. The van der Waals surface area contributed by atoms with E-state index in [2.05, 4.69) is 18.2 Å². The summed E-state index contributed by atoms with van der Waals surface area (Å²) in [6, 6.07) is 10.1. The summed E-state index contributed by atoms with van der Waals surface area (Å²) >= 11 is 2.03. The maximum absolute atomic E-state index is 8.64. The minimum absolute atomic E-state index is 0.674. The van der Waals surface area contributed by atoms with Gasteiger partial charge in [-0.3, -0.25) is 0 Å². The van der Waals surface area contributed by atoms with E-state index >= 15 is 0 Å². The standard InChI is InChI=1S/C11H11NS/c12-8-9-3-5-10(6-4-9)11-2-1-7-13-11/h3-6,11H,1-2,7H2/t11-/m1/s1. The lowest BCUT2D eigenvalue weighted by Gasteiger charge is -2.07. The Morgan fingerprint density at radius 2 is 2.08 bits per heavy atom. The third-order valence-electron chi connectivity index (χ3n) is 2.34. The zero-order valence-electron chi connectivity index (χ0n) is 7.36. The highest BCUT2D eigenvalue weighted by molar-refractivity contribution is 7.99. The first-order valence-electron chi connectivity index (χ1n) is 4.52. The van der Waals surface area contributed by atoms with E-state index in [9.17, 15) is 0 Å². The molecule has 1 aliphatic heterocycles. The molecule has 0 aromatic heterocycles. The number of nitrogens with zero attached hydrogens (tertiary/aromatic N) is 1. The first kappa shape index (κ1) is 8.65. The quantitative estimate of drug-likeness (QED) is 0.677. The Kier molecular flexibility index (Phi) is 2.56. The van der Waals surface area contributed by atoms with E-state index < -0.39 is 0 Å². The monoisotopic (exact) mass is 189 g/mol. The van der Waals surface area contributed by atoms with E-state index in [-0.39, 0.29) is 0 Å². The van der Waals surface area contributed by atoms with Crippen LogP contribution >= 0.6 is 11.8 Å². The predicted molar refractivity (Wildman–Crippen MR) is 55.6 cm³/mol. The van der Waals surface area contributed by atoms with Crippen molar-refractivity contribution >= 4 is 11.8 Å². The molecule has 0 spiro atoms. The second-order valence-electron chi connectivity index (χ2n) is 3.24.